The molecule has 1 aliphatic rings. The summed E-state index contributed by atoms with van der Waals surface area (Å²) in [6, 6.07) is 0.360. The van der Waals surface area contributed by atoms with Gasteiger partial charge in [0.2, 0.25) is 5.91 Å². The number of aromatic nitrogens is 1. The number of hydrogen-bond donors (Lipinski definition) is 1. The van der Waals surface area contributed by atoms with Crippen LogP contribution in [0.25, 0.3) is 0 Å². The molecular weight excluding hydrogens is 280 g/mol. The number of nitrogens with zero attached hydrogens (tertiary/aromatic N) is 1. The first kappa shape index (κ1) is 14.8. The highest BCUT2D eigenvalue weighted by molar-refractivity contribution is 7.09. The summed E-state index contributed by atoms with van der Waals surface area (Å²) in [4.78, 5) is 16.4. The average molecular weight is 301 g/mol. The van der Waals surface area contributed by atoms with Gasteiger partial charge in [0.1, 0.15) is 5.01 Å². The standard InChI is InChI=1S/C14H21ClN2OS/c1-2-10-5-3-4-6-12(10)17-13(18)7-14-16-11(8-15)9-19-14/h9-10,12H,2-8H2,1H3,(H,17,18). The summed E-state index contributed by atoms with van der Waals surface area (Å²) in [5.74, 6) is 1.16. The molecule has 0 aromatic carbocycles. The fourth-order valence-electron chi connectivity index (χ4n) is 2.77. The van der Waals surface area contributed by atoms with Crippen LogP contribution >= 0.6 is 22.9 Å². The Kier molecular flexibility index (Phi) is 5.64. The quantitative estimate of drug-likeness (QED) is 0.846. The van der Waals surface area contributed by atoms with Gasteiger partial charge in [0.15, 0.2) is 0 Å². The first-order valence-corrected chi connectivity index (χ1v) is 8.43. The van der Waals surface area contributed by atoms with Gasteiger partial charge in [-0.25, -0.2) is 4.98 Å². The summed E-state index contributed by atoms with van der Waals surface area (Å²) in [6.07, 6.45) is 6.43. The highest BCUT2D eigenvalue weighted by Gasteiger charge is 2.25. The molecule has 1 N–H and O–H groups in total. The van der Waals surface area contributed by atoms with Gasteiger partial charge >= 0.3 is 0 Å². The maximum atomic E-state index is 12.1. The molecule has 5 heteroatoms. The number of amides is 1. The lowest BCUT2D eigenvalue weighted by Gasteiger charge is -2.31. The third kappa shape index (κ3) is 4.18. The first-order valence-electron chi connectivity index (χ1n) is 7.01. The highest BCUT2D eigenvalue weighted by Crippen LogP contribution is 2.26. The third-order valence-corrected chi connectivity index (χ3v) is 5.00. The van der Waals surface area contributed by atoms with Crippen LogP contribution in [0.3, 0.4) is 0 Å². The summed E-state index contributed by atoms with van der Waals surface area (Å²) in [6.45, 7) is 2.21. The Balaban J connectivity index is 1.86. The second-order valence-corrected chi connectivity index (χ2v) is 6.38. The molecule has 0 radical (unpaired) electrons. The first-order chi connectivity index (χ1) is 9.22. The van der Waals surface area contributed by atoms with Crippen LogP contribution in [0.1, 0.15) is 49.7 Å². The monoisotopic (exact) mass is 300 g/mol. The SMILES string of the molecule is CCC1CCCCC1NC(=O)Cc1nc(CCl)cs1. The van der Waals surface area contributed by atoms with E-state index in [-0.39, 0.29) is 5.91 Å². The van der Waals surface area contributed by atoms with E-state index in [1.165, 1.54) is 30.6 Å². The van der Waals surface area contributed by atoms with Crippen LogP contribution in [-0.2, 0) is 17.1 Å². The molecule has 1 heterocycles. The zero-order valence-electron chi connectivity index (χ0n) is 11.3. The molecule has 19 heavy (non-hydrogen) atoms. The van der Waals surface area contributed by atoms with Crippen molar-refractivity contribution in [2.24, 2.45) is 5.92 Å². The van der Waals surface area contributed by atoms with E-state index in [1.54, 1.807) is 0 Å². The van der Waals surface area contributed by atoms with Crippen LogP contribution in [0.2, 0.25) is 0 Å². The van der Waals surface area contributed by atoms with Crippen molar-refractivity contribution in [1.29, 1.82) is 0 Å². The van der Waals surface area contributed by atoms with Gasteiger partial charge in [-0.05, 0) is 18.8 Å². The number of alkyl halides is 1. The van der Waals surface area contributed by atoms with Gasteiger partial charge in [0, 0.05) is 11.4 Å². The molecule has 1 fully saturated rings. The number of thiazole rings is 1. The van der Waals surface area contributed by atoms with E-state index >= 15 is 0 Å². The summed E-state index contributed by atoms with van der Waals surface area (Å²) >= 11 is 7.23. The molecule has 1 saturated carbocycles. The van der Waals surface area contributed by atoms with Crippen molar-refractivity contribution in [3.8, 4) is 0 Å². The Labute approximate surface area is 123 Å². The lowest BCUT2D eigenvalue weighted by molar-refractivity contribution is -0.121. The van der Waals surface area contributed by atoms with E-state index < -0.39 is 0 Å². The van der Waals surface area contributed by atoms with Crippen LogP contribution in [0, 0.1) is 5.92 Å². The largest absolute Gasteiger partial charge is 0.353 e. The molecule has 0 aliphatic heterocycles. The Bertz CT molecular complexity index is 421. The van der Waals surface area contributed by atoms with E-state index in [9.17, 15) is 4.79 Å². The van der Waals surface area contributed by atoms with Crippen LogP contribution in [-0.4, -0.2) is 16.9 Å². The molecule has 1 amide bonds. The van der Waals surface area contributed by atoms with E-state index in [1.807, 2.05) is 5.38 Å². The smallest absolute Gasteiger partial charge is 0.227 e. The Morgan fingerprint density at radius 2 is 2.32 bits per heavy atom. The van der Waals surface area contributed by atoms with Crippen molar-refractivity contribution in [3.05, 3.63) is 16.1 Å². The van der Waals surface area contributed by atoms with Crippen molar-refractivity contribution >= 4 is 28.8 Å². The van der Waals surface area contributed by atoms with Gasteiger partial charge in [-0.3, -0.25) is 4.79 Å². The number of carbonyl (C=O) groups excluding carboxylic acids is 1. The molecule has 2 atom stereocenters. The van der Waals surface area contributed by atoms with E-state index in [2.05, 4.69) is 17.2 Å². The topological polar surface area (TPSA) is 42.0 Å². The predicted octanol–water partition coefficient (Wildman–Crippen LogP) is 3.51. The van der Waals surface area contributed by atoms with Crippen molar-refractivity contribution < 1.29 is 4.79 Å². The Hall–Kier alpha value is -0.610. The second-order valence-electron chi connectivity index (χ2n) is 5.17. The van der Waals surface area contributed by atoms with E-state index in [0.29, 0.717) is 24.3 Å². The fourth-order valence-corrected chi connectivity index (χ4v) is 3.79. The maximum Gasteiger partial charge on any atom is 0.227 e. The molecular formula is C14H21ClN2OS. The van der Waals surface area contributed by atoms with Gasteiger partial charge in [-0.1, -0.05) is 26.2 Å². The molecule has 0 spiro atoms. The Morgan fingerprint density at radius 1 is 1.53 bits per heavy atom. The van der Waals surface area contributed by atoms with Crippen molar-refractivity contribution in [2.75, 3.05) is 0 Å². The summed E-state index contributed by atoms with van der Waals surface area (Å²) in [7, 11) is 0. The van der Waals surface area contributed by atoms with Gasteiger partial charge in [-0.2, -0.15) is 0 Å². The minimum absolute atomic E-state index is 0.0980. The molecule has 106 valence electrons. The van der Waals surface area contributed by atoms with Crippen LogP contribution < -0.4 is 5.32 Å². The predicted molar refractivity (Wildman–Crippen MR) is 79.6 cm³/mol. The van der Waals surface area contributed by atoms with Crippen molar-refractivity contribution in [1.82, 2.24) is 10.3 Å². The molecule has 2 unspecified atom stereocenters. The second kappa shape index (κ2) is 7.25. The molecule has 1 aliphatic carbocycles. The van der Waals surface area contributed by atoms with Crippen LogP contribution in [0.5, 0.6) is 0 Å². The van der Waals surface area contributed by atoms with Gasteiger partial charge in [0.05, 0.1) is 18.0 Å². The summed E-state index contributed by atoms with van der Waals surface area (Å²) in [5.41, 5.74) is 0.860. The number of carbonyl (C=O) groups is 1. The normalized spacial score (nSPS) is 23.3. The molecule has 3 nitrogen and oxygen atoms in total. The highest BCUT2D eigenvalue weighted by atomic mass is 35.5. The minimum Gasteiger partial charge on any atom is -0.353 e. The number of halogens is 1. The van der Waals surface area contributed by atoms with Gasteiger partial charge in [-0.15, -0.1) is 22.9 Å². The number of hydrogen-bond acceptors (Lipinski definition) is 3. The van der Waals surface area contributed by atoms with Crippen molar-refractivity contribution in [3.63, 3.8) is 0 Å². The number of nitrogens with one attached hydrogen (secondary N) is 1. The zero-order valence-corrected chi connectivity index (χ0v) is 12.9. The zero-order chi connectivity index (χ0) is 13.7. The molecule has 1 aromatic rings. The van der Waals surface area contributed by atoms with Crippen LogP contribution in [0.15, 0.2) is 5.38 Å². The summed E-state index contributed by atoms with van der Waals surface area (Å²) in [5, 5.41) is 5.97. The lowest BCUT2D eigenvalue weighted by Crippen LogP contribution is -2.42. The van der Waals surface area contributed by atoms with E-state index in [4.69, 9.17) is 11.6 Å². The third-order valence-electron chi connectivity index (χ3n) is 3.83. The lowest BCUT2D eigenvalue weighted by atomic mass is 9.83. The molecule has 1 aromatic heterocycles. The fraction of sp³-hybridized carbons (Fsp3) is 0.714. The van der Waals surface area contributed by atoms with E-state index in [0.717, 1.165) is 23.5 Å². The molecule has 2 rings (SSSR count). The molecule has 0 saturated heterocycles. The van der Waals surface area contributed by atoms with Gasteiger partial charge < -0.3 is 5.32 Å². The molecule has 0 bridgehead atoms. The Morgan fingerprint density at radius 3 is 3.00 bits per heavy atom. The summed E-state index contributed by atoms with van der Waals surface area (Å²) < 4.78 is 0. The maximum absolute atomic E-state index is 12.1. The van der Waals surface area contributed by atoms with Gasteiger partial charge in [0.25, 0.3) is 0 Å². The van der Waals surface area contributed by atoms with Crippen LogP contribution in [0.4, 0.5) is 0 Å². The average Bonchev–Trinajstić information content (AvgIpc) is 2.87. The minimum atomic E-state index is 0.0980. The van der Waals surface area contributed by atoms with Crippen molar-refractivity contribution in [2.45, 2.75) is 57.4 Å². The number of rotatable bonds is 5.